The van der Waals surface area contributed by atoms with Crippen molar-refractivity contribution >= 4 is 33.4 Å². The van der Waals surface area contributed by atoms with E-state index in [2.05, 4.69) is 10.0 Å². The van der Waals surface area contributed by atoms with Gasteiger partial charge < -0.3 is 14.8 Å². The van der Waals surface area contributed by atoms with E-state index in [0.717, 1.165) is 11.1 Å². The standard InChI is InChI=1S/C25H26N2O5S/c1-4-8-19-12-14-23(24(15-19)31-3)32-17-25(28)26-20-13-11-18(2)22(16-20)27-33(29,30)21-9-6-5-7-10-21/h4-16,27H,17H2,1-3H3,(H,26,28)/b8-4+. The molecule has 0 unspecified atom stereocenters. The molecule has 8 heteroatoms. The fourth-order valence-electron chi connectivity index (χ4n) is 3.05. The van der Waals surface area contributed by atoms with Gasteiger partial charge in [-0.1, -0.05) is 42.5 Å². The third kappa shape index (κ3) is 6.36. The second-order valence-corrected chi connectivity index (χ2v) is 8.88. The lowest BCUT2D eigenvalue weighted by atomic mass is 10.2. The lowest BCUT2D eigenvalue weighted by molar-refractivity contribution is -0.118. The second kappa shape index (κ2) is 10.7. The summed E-state index contributed by atoms with van der Waals surface area (Å²) in [6.45, 7) is 3.46. The molecule has 0 saturated carbocycles. The minimum atomic E-state index is -3.75. The highest BCUT2D eigenvalue weighted by Gasteiger charge is 2.16. The third-order valence-corrected chi connectivity index (χ3v) is 6.11. The molecule has 0 aliphatic carbocycles. The van der Waals surface area contributed by atoms with Crippen LogP contribution in [0.5, 0.6) is 11.5 Å². The maximum atomic E-state index is 12.6. The molecule has 0 saturated heterocycles. The first-order valence-corrected chi connectivity index (χ1v) is 11.7. The highest BCUT2D eigenvalue weighted by Crippen LogP contribution is 2.29. The fourth-order valence-corrected chi connectivity index (χ4v) is 4.20. The van der Waals surface area contributed by atoms with Crippen LogP contribution in [0.25, 0.3) is 6.08 Å². The van der Waals surface area contributed by atoms with E-state index in [0.29, 0.717) is 22.9 Å². The predicted molar refractivity (Wildman–Crippen MR) is 130 cm³/mol. The molecule has 0 atom stereocenters. The quantitative estimate of drug-likeness (QED) is 0.470. The zero-order valence-corrected chi connectivity index (χ0v) is 19.5. The van der Waals surface area contributed by atoms with Crippen LogP contribution in [-0.4, -0.2) is 28.0 Å². The van der Waals surface area contributed by atoms with E-state index < -0.39 is 15.9 Å². The summed E-state index contributed by atoms with van der Waals surface area (Å²) in [5.41, 5.74) is 2.49. The maximum absolute atomic E-state index is 12.6. The average Bonchev–Trinajstić information content (AvgIpc) is 2.81. The number of sulfonamides is 1. The van der Waals surface area contributed by atoms with Gasteiger partial charge in [0.1, 0.15) is 0 Å². The molecule has 0 aliphatic heterocycles. The van der Waals surface area contributed by atoms with Crippen LogP contribution in [0.2, 0.25) is 0 Å². The van der Waals surface area contributed by atoms with Crippen LogP contribution >= 0.6 is 0 Å². The monoisotopic (exact) mass is 466 g/mol. The van der Waals surface area contributed by atoms with Gasteiger partial charge in [0.15, 0.2) is 18.1 Å². The average molecular weight is 467 g/mol. The summed E-state index contributed by atoms with van der Waals surface area (Å²) in [4.78, 5) is 12.6. The lowest BCUT2D eigenvalue weighted by Gasteiger charge is -2.14. The van der Waals surface area contributed by atoms with Gasteiger partial charge in [-0.2, -0.15) is 0 Å². The molecule has 33 heavy (non-hydrogen) atoms. The van der Waals surface area contributed by atoms with Crippen molar-refractivity contribution in [3.63, 3.8) is 0 Å². The Labute approximate surface area is 194 Å². The number of hydrogen-bond acceptors (Lipinski definition) is 5. The van der Waals surface area contributed by atoms with Crippen LogP contribution in [0.15, 0.2) is 77.7 Å². The molecule has 0 fully saturated rings. The van der Waals surface area contributed by atoms with Gasteiger partial charge in [-0.3, -0.25) is 9.52 Å². The second-order valence-electron chi connectivity index (χ2n) is 7.20. The van der Waals surface area contributed by atoms with Crippen molar-refractivity contribution in [3.05, 3.63) is 83.9 Å². The largest absolute Gasteiger partial charge is 0.493 e. The number of carbonyl (C=O) groups is 1. The van der Waals surface area contributed by atoms with Crippen molar-refractivity contribution < 1.29 is 22.7 Å². The van der Waals surface area contributed by atoms with E-state index in [1.165, 1.54) is 19.2 Å². The van der Waals surface area contributed by atoms with E-state index in [1.807, 2.05) is 31.2 Å². The third-order valence-electron chi connectivity index (χ3n) is 4.72. The number of aryl methyl sites for hydroxylation is 1. The summed E-state index contributed by atoms with van der Waals surface area (Å²) < 4.78 is 38.8. The summed E-state index contributed by atoms with van der Waals surface area (Å²) >= 11 is 0. The molecule has 0 radical (unpaired) electrons. The zero-order valence-electron chi connectivity index (χ0n) is 18.7. The molecule has 0 spiro atoms. The molecule has 0 aromatic heterocycles. The molecule has 7 nitrogen and oxygen atoms in total. The van der Waals surface area contributed by atoms with Gasteiger partial charge in [0, 0.05) is 5.69 Å². The summed E-state index contributed by atoms with van der Waals surface area (Å²) in [5, 5.41) is 2.72. The van der Waals surface area contributed by atoms with Crippen LogP contribution in [-0.2, 0) is 14.8 Å². The van der Waals surface area contributed by atoms with Gasteiger partial charge in [-0.25, -0.2) is 8.42 Å². The summed E-state index contributed by atoms with van der Waals surface area (Å²) in [5.74, 6) is 0.572. The first-order chi connectivity index (χ1) is 15.8. The molecular formula is C25H26N2O5S. The van der Waals surface area contributed by atoms with Crippen molar-refractivity contribution in [2.75, 3.05) is 23.8 Å². The summed E-state index contributed by atoms with van der Waals surface area (Å²) in [6, 6.07) is 18.5. The Morgan fingerprint density at radius 3 is 2.45 bits per heavy atom. The Balaban J connectivity index is 1.67. The predicted octanol–water partition coefficient (Wildman–Crippen LogP) is 4.86. The van der Waals surface area contributed by atoms with E-state index in [9.17, 15) is 13.2 Å². The van der Waals surface area contributed by atoms with Crippen molar-refractivity contribution in [2.24, 2.45) is 0 Å². The first kappa shape index (κ1) is 23.9. The maximum Gasteiger partial charge on any atom is 0.262 e. The number of ether oxygens (including phenoxy) is 2. The van der Waals surface area contributed by atoms with Gasteiger partial charge in [0.25, 0.3) is 15.9 Å². The molecule has 0 aliphatic rings. The first-order valence-electron chi connectivity index (χ1n) is 10.2. The number of nitrogens with one attached hydrogen (secondary N) is 2. The number of allylic oxidation sites excluding steroid dienone is 1. The molecule has 2 N–H and O–H groups in total. The Bertz CT molecular complexity index is 1260. The molecule has 3 aromatic carbocycles. The fraction of sp³-hybridized carbons (Fsp3) is 0.160. The molecule has 3 aromatic rings. The number of rotatable bonds is 9. The molecule has 172 valence electrons. The van der Waals surface area contributed by atoms with Crippen molar-refractivity contribution in [1.82, 2.24) is 0 Å². The highest BCUT2D eigenvalue weighted by molar-refractivity contribution is 7.92. The molecule has 1 amide bonds. The number of methoxy groups -OCH3 is 1. The Kier molecular flexibility index (Phi) is 7.74. The van der Waals surface area contributed by atoms with Crippen LogP contribution in [0.4, 0.5) is 11.4 Å². The van der Waals surface area contributed by atoms with E-state index in [-0.39, 0.29) is 11.5 Å². The lowest BCUT2D eigenvalue weighted by Crippen LogP contribution is -2.20. The smallest absolute Gasteiger partial charge is 0.262 e. The number of anilines is 2. The number of hydrogen-bond donors (Lipinski definition) is 2. The van der Waals surface area contributed by atoms with Crippen LogP contribution < -0.4 is 19.5 Å². The van der Waals surface area contributed by atoms with Gasteiger partial charge >= 0.3 is 0 Å². The SMILES string of the molecule is C/C=C/c1ccc(OCC(=O)Nc2ccc(C)c(NS(=O)(=O)c3ccccc3)c2)c(OC)c1. The van der Waals surface area contributed by atoms with Gasteiger partial charge in [-0.15, -0.1) is 0 Å². The van der Waals surface area contributed by atoms with Crippen LogP contribution in [0, 0.1) is 6.92 Å². The normalized spacial score (nSPS) is 11.2. The molecule has 0 bridgehead atoms. The molecule has 3 rings (SSSR count). The minimum absolute atomic E-state index is 0.154. The van der Waals surface area contributed by atoms with Crippen molar-refractivity contribution in [2.45, 2.75) is 18.7 Å². The topological polar surface area (TPSA) is 93.7 Å². The minimum Gasteiger partial charge on any atom is -0.493 e. The summed E-state index contributed by atoms with van der Waals surface area (Å²) in [7, 11) is -2.22. The number of carbonyl (C=O) groups excluding carboxylic acids is 1. The van der Waals surface area contributed by atoms with E-state index >= 15 is 0 Å². The molecular weight excluding hydrogens is 440 g/mol. The Morgan fingerprint density at radius 1 is 1.00 bits per heavy atom. The summed E-state index contributed by atoms with van der Waals surface area (Å²) in [6.07, 6.45) is 3.85. The van der Waals surface area contributed by atoms with Crippen LogP contribution in [0.1, 0.15) is 18.1 Å². The van der Waals surface area contributed by atoms with Crippen molar-refractivity contribution in [3.8, 4) is 11.5 Å². The number of benzene rings is 3. The van der Waals surface area contributed by atoms with E-state index in [4.69, 9.17) is 9.47 Å². The van der Waals surface area contributed by atoms with Crippen molar-refractivity contribution in [1.29, 1.82) is 0 Å². The van der Waals surface area contributed by atoms with Gasteiger partial charge in [-0.05, 0) is 61.4 Å². The zero-order chi connectivity index (χ0) is 23.8. The Morgan fingerprint density at radius 2 is 1.76 bits per heavy atom. The highest BCUT2D eigenvalue weighted by atomic mass is 32.2. The molecule has 0 heterocycles. The van der Waals surface area contributed by atoms with Gasteiger partial charge in [0.05, 0.1) is 17.7 Å². The number of amides is 1. The van der Waals surface area contributed by atoms with Gasteiger partial charge in [0.2, 0.25) is 0 Å². The van der Waals surface area contributed by atoms with Crippen LogP contribution in [0.3, 0.4) is 0 Å². The Hall–Kier alpha value is -3.78. The van der Waals surface area contributed by atoms with E-state index in [1.54, 1.807) is 49.4 Å².